The molecule has 0 aliphatic rings. The minimum atomic E-state index is 1.17. The fourth-order valence-electron chi connectivity index (χ4n) is 8.99. The Labute approximate surface area is 292 Å². The molecule has 0 N–H and O–H groups in total. The van der Waals surface area contributed by atoms with Gasteiger partial charge in [-0.3, -0.25) is 0 Å². The normalized spacial score (nSPS) is 12.3. The third-order valence-corrected chi connectivity index (χ3v) is 11.2. The topological polar surface area (TPSA) is 14.3 Å². The molecule has 3 heteroatoms. The van der Waals surface area contributed by atoms with Gasteiger partial charge < -0.3 is 13.5 Å². The summed E-state index contributed by atoms with van der Waals surface area (Å²) in [6, 6.07) is 64.7. The van der Waals surface area contributed by atoms with Crippen molar-refractivity contribution in [1.82, 2.24) is 13.5 Å². The maximum Gasteiger partial charge on any atom is 0.0620 e. The molecule has 0 saturated heterocycles. The maximum atomic E-state index is 2.46. The van der Waals surface area contributed by atoms with E-state index in [1.165, 1.54) is 104 Å². The fraction of sp³-hybridized carbons (Fsp3) is 0. The lowest BCUT2D eigenvalue weighted by Gasteiger charge is -2.11. The van der Waals surface area contributed by atoms with Gasteiger partial charge in [0.25, 0.3) is 0 Å². The average Bonchev–Trinajstić information content (AvgIpc) is 3.92. The molecule has 12 rings (SSSR count). The van der Waals surface area contributed by atoms with E-state index in [1.807, 2.05) is 0 Å². The van der Waals surface area contributed by atoms with Gasteiger partial charge >= 0.3 is 0 Å². The molecule has 0 bridgehead atoms. The fourth-order valence-corrected chi connectivity index (χ4v) is 8.99. The van der Waals surface area contributed by atoms with Gasteiger partial charge in [-0.05, 0) is 71.8 Å². The average molecular weight is 648 g/mol. The summed E-state index contributed by atoms with van der Waals surface area (Å²) in [5, 5.41) is 10.2. The van der Waals surface area contributed by atoms with Gasteiger partial charge in [0.1, 0.15) is 0 Å². The second kappa shape index (κ2) is 9.87. The van der Waals surface area contributed by atoms with Crippen LogP contribution in [0.5, 0.6) is 0 Å². The Morgan fingerprint density at radius 3 is 1.37 bits per heavy atom. The van der Waals surface area contributed by atoms with Crippen LogP contribution in [0.25, 0.3) is 104 Å². The van der Waals surface area contributed by atoms with E-state index in [2.05, 4.69) is 189 Å². The molecule has 0 atom stereocenters. The molecule has 0 unspecified atom stereocenters. The highest BCUT2D eigenvalue weighted by atomic mass is 15.0. The standard InChI is InChI=1S/C48H29N3/c1-2-11-32(12-3-1)49-42-18-7-4-13-34(42)37-24-21-30(27-46(37)49)31-22-25-38-35-14-5-8-19-43(35)50(47(38)28-31)33-23-26-45-41(29-33)40-17-10-16-39-36-15-6-9-20-44(36)51(45)48(39)40/h1-29H. The third kappa shape index (κ3) is 3.57. The van der Waals surface area contributed by atoms with Crippen LogP contribution in [0.3, 0.4) is 0 Å². The molecule has 0 amide bonds. The van der Waals surface area contributed by atoms with Crippen molar-refractivity contribution in [1.29, 1.82) is 0 Å². The van der Waals surface area contributed by atoms with Crippen LogP contribution in [0.15, 0.2) is 176 Å². The number of rotatable bonds is 3. The molecule has 0 spiro atoms. The molecule has 0 fully saturated rings. The van der Waals surface area contributed by atoms with E-state index in [1.54, 1.807) is 0 Å². The summed E-state index contributed by atoms with van der Waals surface area (Å²) in [4.78, 5) is 0. The smallest absolute Gasteiger partial charge is 0.0620 e. The molecule has 4 aromatic heterocycles. The number of aromatic nitrogens is 3. The van der Waals surface area contributed by atoms with Gasteiger partial charge in [0.05, 0.1) is 38.6 Å². The number of para-hydroxylation sites is 5. The molecular formula is C48H29N3. The lowest BCUT2D eigenvalue weighted by atomic mass is 10.0. The SMILES string of the molecule is c1ccc(-n2c3ccccc3c3ccc(-c4ccc5c6ccccc6n(-c6ccc7c(c6)c6cccc8c9ccccc9n7c86)c5c4)cc32)cc1. The van der Waals surface area contributed by atoms with Crippen molar-refractivity contribution >= 4 is 81.7 Å². The van der Waals surface area contributed by atoms with Crippen LogP contribution in [0, 0.1) is 0 Å². The van der Waals surface area contributed by atoms with Crippen LogP contribution < -0.4 is 0 Å². The van der Waals surface area contributed by atoms with E-state index in [9.17, 15) is 0 Å². The Hall–Kier alpha value is -6.84. The van der Waals surface area contributed by atoms with Gasteiger partial charge in [-0.15, -0.1) is 0 Å². The second-order valence-electron chi connectivity index (χ2n) is 13.8. The molecule has 0 saturated carbocycles. The Bertz CT molecular complexity index is 3360. The van der Waals surface area contributed by atoms with Crippen molar-refractivity contribution in [2.45, 2.75) is 0 Å². The third-order valence-electron chi connectivity index (χ3n) is 11.2. The maximum absolute atomic E-state index is 2.46. The molecule has 12 aromatic rings. The first-order valence-electron chi connectivity index (χ1n) is 17.6. The zero-order valence-corrected chi connectivity index (χ0v) is 27.6. The lowest BCUT2D eigenvalue weighted by Crippen LogP contribution is -1.94. The predicted molar refractivity (Wildman–Crippen MR) is 215 cm³/mol. The van der Waals surface area contributed by atoms with Crippen molar-refractivity contribution in [2.75, 3.05) is 0 Å². The highest BCUT2D eigenvalue weighted by molar-refractivity contribution is 6.23. The molecule has 3 nitrogen and oxygen atoms in total. The summed E-state index contributed by atoms with van der Waals surface area (Å²) < 4.78 is 7.31. The zero-order chi connectivity index (χ0) is 33.2. The Kier molecular flexibility index (Phi) is 5.23. The van der Waals surface area contributed by atoms with Crippen LogP contribution in [0.1, 0.15) is 0 Å². The molecule has 0 aliphatic carbocycles. The molecule has 0 aliphatic heterocycles. The first-order chi connectivity index (χ1) is 25.3. The summed E-state index contributed by atoms with van der Waals surface area (Å²) >= 11 is 0. The summed E-state index contributed by atoms with van der Waals surface area (Å²) in [5.41, 5.74) is 13.4. The number of nitrogens with zero attached hydrogens (tertiary/aromatic N) is 3. The Morgan fingerprint density at radius 1 is 0.255 bits per heavy atom. The van der Waals surface area contributed by atoms with E-state index in [4.69, 9.17) is 0 Å². The van der Waals surface area contributed by atoms with Gasteiger partial charge in [0.2, 0.25) is 0 Å². The second-order valence-corrected chi connectivity index (χ2v) is 13.8. The van der Waals surface area contributed by atoms with E-state index in [0.29, 0.717) is 0 Å². The van der Waals surface area contributed by atoms with E-state index >= 15 is 0 Å². The van der Waals surface area contributed by atoms with Crippen molar-refractivity contribution in [3.8, 4) is 22.5 Å². The predicted octanol–water partition coefficient (Wildman–Crippen LogP) is 12.7. The van der Waals surface area contributed by atoms with E-state index < -0.39 is 0 Å². The quantitative estimate of drug-likeness (QED) is 0.181. The molecule has 8 aromatic carbocycles. The highest BCUT2D eigenvalue weighted by Crippen LogP contribution is 2.42. The van der Waals surface area contributed by atoms with Gasteiger partial charge in [-0.2, -0.15) is 0 Å². The summed E-state index contributed by atoms with van der Waals surface area (Å²) in [5.74, 6) is 0. The minimum absolute atomic E-state index is 1.17. The van der Waals surface area contributed by atoms with Crippen molar-refractivity contribution in [3.63, 3.8) is 0 Å². The monoisotopic (exact) mass is 647 g/mol. The van der Waals surface area contributed by atoms with Gasteiger partial charge in [0, 0.05) is 54.5 Å². The highest BCUT2D eigenvalue weighted by Gasteiger charge is 2.20. The Morgan fingerprint density at radius 2 is 0.725 bits per heavy atom. The van der Waals surface area contributed by atoms with Gasteiger partial charge in [0.15, 0.2) is 0 Å². The largest absolute Gasteiger partial charge is 0.309 e. The summed E-state index contributed by atoms with van der Waals surface area (Å²) in [7, 11) is 0. The van der Waals surface area contributed by atoms with Crippen LogP contribution in [0.4, 0.5) is 0 Å². The van der Waals surface area contributed by atoms with Crippen molar-refractivity contribution in [2.24, 2.45) is 0 Å². The molecule has 236 valence electrons. The number of hydrogen-bond acceptors (Lipinski definition) is 0. The van der Waals surface area contributed by atoms with Crippen LogP contribution in [0.2, 0.25) is 0 Å². The molecule has 4 heterocycles. The van der Waals surface area contributed by atoms with Crippen LogP contribution >= 0.6 is 0 Å². The van der Waals surface area contributed by atoms with Crippen molar-refractivity contribution < 1.29 is 0 Å². The molecule has 0 radical (unpaired) electrons. The van der Waals surface area contributed by atoms with Crippen molar-refractivity contribution in [3.05, 3.63) is 176 Å². The molecule has 51 heavy (non-hydrogen) atoms. The minimum Gasteiger partial charge on any atom is -0.309 e. The van der Waals surface area contributed by atoms with E-state index in [0.717, 1.165) is 0 Å². The summed E-state index contributed by atoms with van der Waals surface area (Å²) in [6.07, 6.45) is 0. The van der Waals surface area contributed by atoms with Crippen LogP contribution in [-0.2, 0) is 0 Å². The molecular weight excluding hydrogens is 619 g/mol. The van der Waals surface area contributed by atoms with Gasteiger partial charge in [-0.25, -0.2) is 0 Å². The number of fused-ring (bicyclic) bond motifs is 12. The summed E-state index contributed by atoms with van der Waals surface area (Å²) in [6.45, 7) is 0. The number of hydrogen-bond donors (Lipinski definition) is 0. The Balaban J connectivity index is 1.10. The van der Waals surface area contributed by atoms with Crippen LogP contribution in [-0.4, -0.2) is 13.5 Å². The first-order valence-corrected chi connectivity index (χ1v) is 17.6. The van der Waals surface area contributed by atoms with E-state index in [-0.39, 0.29) is 0 Å². The zero-order valence-electron chi connectivity index (χ0n) is 27.6. The van der Waals surface area contributed by atoms with Gasteiger partial charge in [-0.1, -0.05) is 115 Å². The number of benzene rings is 8. The lowest BCUT2D eigenvalue weighted by molar-refractivity contribution is 1.18. The first kappa shape index (κ1) is 27.0.